The lowest BCUT2D eigenvalue weighted by molar-refractivity contribution is -0.120. The van der Waals surface area contributed by atoms with Gasteiger partial charge in [-0.2, -0.15) is 0 Å². The Bertz CT molecular complexity index is 503. The number of anilines is 2. The Morgan fingerprint density at radius 2 is 1.95 bits per heavy atom. The molecule has 0 aromatic heterocycles. The van der Waals surface area contributed by atoms with E-state index in [0.29, 0.717) is 11.1 Å². The fourth-order valence-corrected chi connectivity index (χ4v) is 2.68. The molecule has 2 aliphatic rings. The summed E-state index contributed by atoms with van der Waals surface area (Å²) in [6.07, 6.45) is 4.40. The Morgan fingerprint density at radius 1 is 1.18 bits per heavy atom. The van der Waals surface area contributed by atoms with Gasteiger partial charge in [-0.25, -0.2) is 0 Å². The van der Waals surface area contributed by atoms with E-state index in [4.69, 9.17) is 11.6 Å². The number of piperidine rings is 1. The molecule has 1 atom stereocenters. The molecule has 1 aliphatic carbocycles. The number of hydrogen-bond donors (Lipinski definition) is 3. The van der Waals surface area contributed by atoms with Crippen LogP contribution in [0.4, 0.5) is 11.4 Å². The average Bonchev–Trinajstić information content (AvgIpc) is 3.27. The summed E-state index contributed by atoms with van der Waals surface area (Å²) < 4.78 is 0. The van der Waals surface area contributed by atoms with Crippen molar-refractivity contribution < 1.29 is 4.79 Å². The number of nitrogens with one attached hydrogen (secondary N) is 3. The second-order valence-electron chi connectivity index (χ2n) is 5.64. The van der Waals surface area contributed by atoms with Gasteiger partial charge in [0.1, 0.15) is 0 Å². The highest BCUT2D eigenvalue weighted by molar-refractivity contribution is 6.31. The summed E-state index contributed by atoms with van der Waals surface area (Å²) in [5, 5.41) is 10.4. The molecule has 1 saturated heterocycles. The Morgan fingerprint density at radius 3 is 2.59 bits per heavy atom. The van der Waals surface area contributed by atoms with Crippen molar-refractivity contribution in [3.05, 3.63) is 23.2 Å². The molecule has 1 aromatic rings. The van der Waals surface area contributed by atoms with Gasteiger partial charge in [0.15, 0.2) is 0 Å². The lowest BCUT2D eigenvalue weighted by atomic mass is 9.99. The first-order chi connectivity index (χ1) is 9.72. The Kier molecular flexibility index (Phi) is 7.77. The molecule has 4 nitrogen and oxygen atoms in total. The normalized spacial score (nSPS) is 20.3. The van der Waals surface area contributed by atoms with Gasteiger partial charge in [-0.15, -0.1) is 24.8 Å². The monoisotopic (exact) mass is 365 g/mol. The van der Waals surface area contributed by atoms with Gasteiger partial charge >= 0.3 is 0 Å². The molecule has 1 amide bonds. The molecule has 22 heavy (non-hydrogen) atoms. The van der Waals surface area contributed by atoms with E-state index in [9.17, 15) is 4.79 Å². The maximum Gasteiger partial charge on any atom is 0.228 e. The van der Waals surface area contributed by atoms with Crippen molar-refractivity contribution in [2.75, 3.05) is 23.7 Å². The molecular weight excluding hydrogens is 345 g/mol. The zero-order chi connectivity index (χ0) is 13.9. The number of hydrogen-bond acceptors (Lipinski definition) is 3. The minimum Gasteiger partial charge on any atom is -0.381 e. The van der Waals surface area contributed by atoms with Crippen LogP contribution >= 0.6 is 36.4 Å². The van der Waals surface area contributed by atoms with Crippen molar-refractivity contribution >= 4 is 53.7 Å². The molecule has 1 aromatic carbocycles. The van der Waals surface area contributed by atoms with Crippen molar-refractivity contribution in [2.24, 2.45) is 5.92 Å². The van der Waals surface area contributed by atoms with Gasteiger partial charge in [-0.3, -0.25) is 4.79 Å². The second-order valence-corrected chi connectivity index (χ2v) is 6.08. The topological polar surface area (TPSA) is 53.2 Å². The van der Waals surface area contributed by atoms with Crippen molar-refractivity contribution in [3.63, 3.8) is 0 Å². The predicted molar refractivity (Wildman–Crippen MR) is 96.8 cm³/mol. The minimum atomic E-state index is 0. The highest BCUT2D eigenvalue weighted by Gasteiger charge is 2.24. The third-order valence-corrected chi connectivity index (χ3v) is 4.08. The number of rotatable bonds is 4. The van der Waals surface area contributed by atoms with E-state index >= 15 is 0 Å². The molecule has 0 spiro atoms. The SMILES string of the molecule is Cl.Cl.O=C(Nc1cc(Cl)ccc1NC1CC1)C1CCCNC1. The summed E-state index contributed by atoms with van der Waals surface area (Å²) in [5.74, 6) is 0.134. The molecule has 3 rings (SSSR count). The van der Waals surface area contributed by atoms with E-state index < -0.39 is 0 Å². The fourth-order valence-electron chi connectivity index (χ4n) is 2.50. The highest BCUT2D eigenvalue weighted by atomic mass is 35.5. The lowest BCUT2D eigenvalue weighted by Crippen LogP contribution is -2.37. The second kappa shape index (κ2) is 8.82. The third kappa shape index (κ3) is 5.20. The van der Waals surface area contributed by atoms with Gasteiger partial charge in [-0.1, -0.05) is 11.6 Å². The van der Waals surface area contributed by atoms with Gasteiger partial charge in [0, 0.05) is 17.6 Å². The Labute approximate surface area is 148 Å². The average molecular weight is 367 g/mol. The van der Waals surface area contributed by atoms with Crippen LogP contribution in [-0.4, -0.2) is 25.0 Å². The van der Waals surface area contributed by atoms with Crippen LogP contribution in [0.2, 0.25) is 5.02 Å². The van der Waals surface area contributed by atoms with E-state index in [-0.39, 0.29) is 36.6 Å². The summed E-state index contributed by atoms with van der Waals surface area (Å²) in [4.78, 5) is 12.3. The number of carbonyl (C=O) groups excluding carboxylic acids is 1. The zero-order valence-corrected chi connectivity index (χ0v) is 14.6. The predicted octanol–water partition coefficient (Wildman–Crippen LogP) is 3.70. The van der Waals surface area contributed by atoms with Crippen LogP contribution in [0.15, 0.2) is 18.2 Å². The van der Waals surface area contributed by atoms with Crippen LogP contribution in [0.3, 0.4) is 0 Å². The van der Waals surface area contributed by atoms with Crippen molar-refractivity contribution in [1.29, 1.82) is 0 Å². The summed E-state index contributed by atoms with van der Waals surface area (Å²) in [5.41, 5.74) is 1.76. The molecule has 1 unspecified atom stereocenters. The molecule has 1 saturated carbocycles. The number of halogens is 3. The number of benzene rings is 1. The third-order valence-electron chi connectivity index (χ3n) is 3.84. The molecule has 7 heteroatoms. The summed E-state index contributed by atoms with van der Waals surface area (Å²) in [7, 11) is 0. The Hall–Kier alpha value is -0.680. The summed E-state index contributed by atoms with van der Waals surface area (Å²) in [6.45, 7) is 1.77. The first kappa shape index (κ1) is 19.4. The van der Waals surface area contributed by atoms with Crippen LogP contribution in [0.5, 0.6) is 0 Å². The van der Waals surface area contributed by atoms with Gasteiger partial charge in [0.25, 0.3) is 0 Å². The summed E-state index contributed by atoms with van der Waals surface area (Å²) in [6, 6.07) is 6.16. The van der Waals surface area contributed by atoms with E-state index in [2.05, 4.69) is 16.0 Å². The maximum atomic E-state index is 12.3. The number of carbonyl (C=O) groups is 1. The van der Waals surface area contributed by atoms with Gasteiger partial charge in [-0.05, 0) is 50.4 Å². The van der Waals surface area contributed by atoms with Crippen molar-refractivity contribution in [2.45, 2.75) is 31.7 Å². The van der Waals surface area contributed by atoms with Gasteiger partial charge in [0.2, 0.25) is 5.91 Å². The van der Waals surface area contributed by atoms with Crippen LogP contribution in [0.1, 0.15) is 25.7 Å². The van der Waals surface area contributed by atoms with E-state index in [1.54, 1.807) is 0 Å². The van der Waals surface area contributed by atoms with Crippen LogP contribution in [0.25, 0.3) is 0 Å². The van der Waals surface area contributed by atoms with E-state index in [1.807, 2.05) is 18.2 Å². The fraction of sp³-hybridized carbons (Fsp3) is 0.533. The van der Waals surface area contributed by atoms with Crippen LogP contribution in [0, 0.1) is 5.92 Å². The van der Waals surface area contributed by atoms with Crippen molar-refractivity contribution in [3.8, 4) is 0 Å². The maximum absolute atomic E-state index is 12.3. The van der Waals surface area contributed by atoms with Gasteiger partial charge in [0.05, 0.1) is 17.3 Å². The lowest BCUT2D eigenvalue weighted by Gasteiger charge is -2.22. The first-order valence-corrected chi connectivity index (χ1v) is 7.68. The largest absolute Gasteiger partial charge is 0.381 e. The van der Waals surface area contributed by atoms with Crippen LogP contribution in [-0.2, 0) is 4.79 Å². The molecule has 2 fully saturated rings. The van der Waals surface area contributed by atoms with Crippen LogP contribution < -0.4 is 16.0 Å². The molecular formula is C15H22Cl3N3O. The van der Waals surface area contributed by atoms with Gasteiger partial charge < -0.3 is 16.0 Å². The quantitative estimate of drug-likeness (QED) is 0.761. The zero-order valence-electron chi connectivity index (χ0n) is 12.2. The number of amides is 1. The first-order valence-electron chi connectivity index (χ1n) is 7.30. The molecule has 0 radical (unpaired) electrons. The minimum absolute atomic E-state index is 0. The van der Waals surface area contributed by atoms with E-state index in [1.165, 1.54) is 12.8 Å². The molecule has 1 aliphatic heterocycles. The standard InChI is InChI=1S/C15H20ClN3O.2ClH/c16-11-3-6-13(18-12-4-5-12)14(8-11)19-15(20)10-2-1-7-17-9-10;;/h3,6,8,10,12,17-18H,1-2,4-5,7,9H2,(H,19,20);2*1H. The highest BCUT2D eigenvalue weighted by Crippen LogP contribution is 2.32. The molecule has 0 bridgehead atoms. The molecule has 1 heterocycles. The summed E-state index contributed by atoms with van der Waals surface area (Å²) >= 11 is 6.05. The Balaban J connectivity index is 0.00000121. The van der Waals surface area contributed by atoms with E-state index in [0.717, 1.165) is 37.3 Å². The molecule has 3 N–H and O–H groups in total. The van der Waals surface area contributed by atoms with Crippen molar-refractivity contribution in [1.82, 2.24) is 5.32 Å². The smallest absolute Gasteiger partial charge is 0.228 e. The molecule has 124 valence electrons.